The fourth-order valence-electron chi connectivity index (χ4n) is 2.54. The number of rotatable bonds is 6. The third-order valence-corrected chi connectivity index (χ3v) is 4.14. The Bertz CT molecular complexity index is 571. The number of nitrogens with zero attached hydrogens (tertiary/aromatic N) is 1. The van der Waals surface area contributed by atoms with Crippen molar-refractivity contribution in [3.05, 3.63) is 34.9 Å². The van der Waals surface area contributed by atoms with Crippen LogP contribution in [-0.2, 0) is 0 Å². The molecule has 20 heavy (non-hydrogen) atoms. The van der Waals surface area contributed by atoms with Crippen LogP contribution in [0.3, 0.4) is 0 Å². The first-order chi connectivity index (χ1) is 9.65. The van der Waals surface area contributed by atoms with Crippen LogP contribution in [0.4, 0.5) is 5.69 Å². The van der Waals surface area contributed by atoms with Gasteiger partial charge in [-0.25, -0.2) is 0 Å². The summed E-state index contributed by atoms with van der Waals surface area (Å²) in [6.45, 7) is 5.10. The minimum Gasteiger partial charge on any atom is -0.379 e. The summed E-state index contributed by atoms with van der Waals surface area (Å²) in [4.78, 5) is 4.52. The summed E-state index contributed by atoms with van der Waals surface area (Å²) in [5, 5.41) is 4.70. The Labute approximate surface area is 129 Å². The van der Waals surface area contributed by atoms with Crippen LogP contribution in [0.1, 0.15) is 26.7 Å². The maximum atomic E-state index is 5.93. The molecular weight excluding hydrogens is 314 g/mol. The van der Waals surface area contributed by atoms with E-state index in [0.717, 1.165) is 21.1 Å². The predicted molar refractivity (Wildman–Crippen MR) is 90.0 cm³/mol. The lowest BCUT2D eigenvalue weighted by Crippen LogP contribution is -2.35. The Balaban J connectivity index is 2.28. The molecule has 2 atom stereocenters. The molecular formula is C16H22BrN3. The SMILES string of the molecule is CCCC(C)C(CN)Nc1cccc2cc(Br)cnc12. The Morgan fingerprint density at radius 2 is 2.20 bits per heavy atom. The monoisotopic (exact) mass is 335 g/mol. The van der Waals surface area contributed by atoms with E-state index in [4.69, 9.17) is 5.73 Å². The number of nitrogens with one attached hydrogen (secondary N) is 1. The topological polar surface area (TPSA) is 50.9 Å². The number of hydrogen-bond donors (Lipinski definition) is 2. The molecule has 1 aromatic heterocycles. The maximum Gasteiger partial charge on any atom is 0.0934 e. The highest BCUT2D eigenvalue weighted by atomic mass is 79.9. The zero-order chi connectivity index (χ0) is 14.5. The number of nitrogens with two attached hydrogens (primary N) is 1. The molecule has 0 aliphatic heterocycles. The van der Waals surface area contributed by atoms with Crippen LogP contribution in [0.5, 0.6) is 0 Å². The average Bonchev–Trinajstić information content (AvgIpc) is 2.44. The Kier molecular flexibility index (Phi) is 5.38. The van der Waals surface area contributed by atoms with Crippen molar-refractivity contribution in [2.75, 3.05) is 11.9 Å². The van der Waals surface area contributed by atoms with E-state index in [0.29, 0.717) is 12.5 Å². The van der Waals surface area contributed by atoms with Gasteiger partial charge in [-0.2, -0.15) is 0 Å². The molecule has 108 valence electrons. The lowest BCUT2D eigenvalue weighted by atomic mass is 9.96. The number of hydrogen-bond acceptors (Lipinski definition) is 3. The van der Waals surface area contributed by atoms with Gasteiger partial charge in [0.2, 0.25) is 0 Å². The van der Waals surface area contributed by atoms with E-state index < -0.39 is 0 Å². The van der Waals surface area contributed by atoms with Crippen LogP contribution in [0, 0.1) is 5.92 Å². The molecule has 0 aliphatic carbocycles. The van der Waals surface area contributed by atoms with Gasteiger partial charge in [-0.05, 0) is 40.4 Å². The lowest BCUT2D eigenvalue weighted by Gasteiger charge is -2.25. The van der Waals surface area contributed by atoms with E-state index in [2.05, 4.69) is 64.3 Å². The third-order valence-electron chi connectivity index (χ3n) is 3.70. The second-order valence-electron chi connectivity index (χ2n) is 5.28. The quantitative estimate of drug-likeness (QED) is 0.832. The predicted octanol–water partition coefficient (Wildman–Crippen LogP) is 4.17. The van der Waals surface area contributed by atoms with Gasteiger partial charge in [-0.15, -0.1) is 0 Å². The van der Waals surface area contributed by atoms with Crippen molar-refractivity contribution in [3.8, 4) is 0 Å². The molecule has 1 heterocycles. The minimum atomic E-state index is 0.283. The van der Waals surface area contributed by atoms with Crippen molar-refractivity contribution >= 4 is 32.5 Å². The van der Waals surface area contributed by atoms with Crippen molar-refractivity contribution in [3.63, 3.8) is 0 Å². The molecule has 2 unspecified atom stereocenters. The largest absolute Gasteiger partial charge is 0.379 e. The first-order valence-corrected chi connectivity index (χ1v) is 7.96. The fourth-order valence-corrected chi connectivity index (χ4v) is 2.89. The van der Waals surface area contributed by atoms with Gasteiger partial charge in [0.25, 0.3) is 0 Å². The molecule has 0 bridgehead atoms. The number of benzene rings is 1. The van der Waals surface area contributed by atoms with Crippen LogP contribution < -0.4 is 11.1 Å². The molecule has 0 fully saturated rings. The second kappa shape index (κ2) is 7.04. The van der Waals surface area contributed by atoms with Crippen LogP contribution in [0.15, 0.2) is 34.9 Å². The van der Waals surface area contributed by atoms with E-state index in [1.807, 2.05) is 6.20 Å². The number of para-hydroxylation sites is 1. The molecule has 0 spiro atoms. The highest BCUT2D eigenvalue weighted by molar-refractivity contribution is 9.10. The zero-order valence-electron chi connectivity index (χ0n) is 12.1. The maximum absolute atomic E-state index is 5.93. The van der Waals surface area contributed by atoms with Gasteiger partial charge in [0, 0.05) is 28.6 Å². The number of fused-ring (bicyclic) bond motifs is 1. The zero-order valence-corrected chi connectivity index (χ0v) is 13.7. The number of pyridine rings is 1. The van der Waals surface area contributed by atoms with Gasteiger partial charge in [0.05, 0.1) is 11.2 Å². The highest BCUT2D eigenvalue weighted by Gasteiger charge is 2.16. The molecule has 4 heteroatoms. The Morgan fingerprint density at radius 1 is 1.40 bits per heavy atom. The van der Waals surface area contributed by atoms with E-state index in [1.54, 1.807) is 0 Å². The van der Waals surface area contributed by atoms with Crippen LogP contribution in [0.25, 0.3) is 10.9 Å². The fraction of sp³-hybridized carbons (Fsp3) is 0.438. The lowest BCUT2D eigenvalue weighted by molar-refractivity contribution is 0.450. The molecule has 3 nitrogen and oxygen atoms in total. The van der Waals surface area contributed by atoms with Crippen molar-refractivity contribution in [1.82, 2.24) is 4.98 Å². The van der Waals surface area contributed by atoms with Crippen molar-refractivity contribution in [1.29, 1.82) is 0 Å². The van der Waals surface area contributed by atoms with E-state index in [1.165, 1.54) is 12.8 Å². The molecule has 2 aromatic rings. The second-order valence-corrected chi connectivity index (χ2v) is 6.20. The minimum absolute atomic E-state index is 0.283. The van der Waals surface area contributed by atoms with Gasteiger partial charge in [0.1, 0.15) is 0 Å². The molecule has 3 N–H and O–H groups in total. The third kappa shape index (κ3) is 3.49. The summed E-state index contributed by atoms with van der Waals surface area (Å²) in [5.41, 5.74) is 7.99. The number of halogens is 1. The molecule has 2 rings (SSSR count). The summed E-state index contributed by atoms with van der Waals surface area (Å²) < 4.78 is 0.997. The molecule has 1 aromatic carbocycles. The molecule has 0 radical (unpaired) electrons. The summed E-state index contributed by atoms with van der Waals surface area (Å²) in [7, 11) is 0. The first kappa shape index (κ1) is 15.3. The van der Waals surface area contributed by atoms with Gasteiger partial charge >= 0.3 is 0 Å². The summed E-state index contributed by atoms with van der Waals surface area (Å²) in [6.07, 6.45) is 4.19. The molecule has 0 aliphatic rings. The highest BCUT2D eigenvalue weighted by Crippen LogP contribution is 2.25. The van der Waals surface area contributed by atoms with Gasteiger partial charge in [0.15, 0.2) is 0 Å². The standard InChI is InChI=1S/C16H22BrN3/c1-3-5-11(2)15(9-18)20-14-7-4-6-12-8-13(17)10-19-16(12)14/h4,6-8,10-11,15,20H,3,5,9,18H2,1-2H3. The average molecular weight is 336 g/mol. The normalized spacial score (nSPS) is 14.2. The summed E-state index contributed by atoms with van der Waals surface area (Å²) >= 11 is 3.46. The van der Waals surface area contributed by atoms with E-state index >= 15 is 0 Å². The summed E-state index contributed by atoms with van der Waals surface area (Å²) in [5.74, 6) is 0.552. The molecule has 0 saturated heterocycles. The van der Waals surface area contributed by atoms with E-state index in [9.17, 15) is 0 Å². The first-order valence-electron chi connectivity index (χ1n) is 7.16. The van der Waals surface area contributed by atoms with Crippen molar-refractivity contribution in [2.24, 2.45) is 11.7 Å². The number of aromatic nitrogens is 1. The van der Waals surface area contributed by atoms with Crippen LogP contribution in [-0.4, -0.2) is 17.6 Å². The van der Waals surface area contributed by atoms with Crippen molar-refractivity contribution in [2.45, 2.75) is 32.7 Å². The molecule has 0 saturated carbocycles. The molecule has 0 amide bonds. The number of anilines is 1. The van der Waals surface area contributed by atoms with Gasteiger partial charge in [-0.3, -0.25) is 4.98 Å². The van der Waals surface area contributed by atoms with Crippen molar-refractivity contribution < 1.29 is 0 Å². The smallest absolute Gasteiger partial charge is 0.0934 e. The van der Waals surface area contributed by atoms with E-state index in [-0.39, 0.29) is 6.04 Å². The Morgan fingerprint density at radius 3 is 2.90 bits per heavy atom. The summed E-state index contributed by atoms with van der Waals surface area (Å²) in [6, 6.07) is 8.57. The van der Waals surface area contributed by atoms with Gasteiger partial charge in [-0.1, -0.05) is 32.4 Å². The van der Waals surface area contributed by atoms with Crippen LogP contribution in [0.2, 0.25) is 0 Å². The Hall–Kier alpha value is -1.13. The van der Waals surface area contributed by atoms with Gasteiger partial charge < -0.3 is 11.1 Å². The van der Waals surface area contributed by atoms with Crippen LogP contribution >= 0.6 is 15.9 Å².